The van der Waals surface area contributed by atoms with Gasteiger partial charge in [-0.2, -0.15) is 0 Å². The molecule has 3 N–H and O–H groups in total. The highest BCUT2D eigenvalue weighted by Gasteiger charge is 2.41. The number of carboxylic acids is 1. The summed E-state index contributed by atoms with van der Waals surface area (Å²) in [6.45, 7) is 3.13. The molecule has 0 aromatic rings. The van der Waals surface area contributed by atoms with Gasteiger partial charge in [0.2, 0.25) is 0 Å². The minimum atomic E-state index is -0.806. The normalized spacial score (nSPS) is 29.0. The van der Waals surface area contributed by atoms with Gasteiger partial charge < -0.3 is 20.4 Å². The van der Waals surface area contributed by atoms with Gasteiger partial charge >= 0.3 is 12.0 Å². The summed E-state index contributed by atoms with van der Waals surface area (Å²) in [5.74, 6) is -0.806. The lowest BCUT2D eigenvalue weighted by Gasteiger charge is -2.27. The lowest BCUT2D eigenvalue weighted by Crippen LogP contribution is -2.47. The number of amides is 2. The Kier molecular flexibility index (Phi) is 4.76. The molecule has 2 rings (SSSR count). The Morgan fingerprint density at radius 1 is 1.10 bits per heavy atom. The number of carbonyl (C=O) groups excluding carboxylic acids is 1. The number of urea groups is 1. The van der Waals surface area contributed by atoms with Gasteiger partial charge in [0.05, 0.1) is 11.0 Å². The van der Waals surface area contributed by atoms with Crippen molar-refractivity contribution >= 4 is 12.0 Å². The number of carboxylic acid groups (broad SMARTS) is 1. The third kappa shape index (κ3) is 3.87. The van der Waals surface area contributed by atoms with E-state index in [4.69, 9.17) is 0 Å². The summed E-state index contributed by atoms with van der Waals surface area (Å²) in [5, 5.41) is 22.2. The maximum Gasteiger partial charge on any atom is 0.317 e. The molecular formula is C15H26N2O4. The van der Waals surface area contributed by atoms with Gasteiger partial charge in [-0.25, -0.2) is 4.79 Å². The summed E-state index contributed by atoms with van der Waals surface area (Å²) in [6, 6.07) is -0.208. The zero-order chi connectivity index (χ0) is 15.5. The molecule has 6 heteroatoms. The van der Waals surface area contributed by atoms with Crippen molar-refractivity contribution in [3.05, 3.63) is 0 Å². The molecule has 1 atom stereocenters. The Bertz CT molecular complexity index is 402. The Balaban J connectivity index is 1.88. The molecule has 1 aliphatic heterocycles. The van der Waals surface area contributed by atoms with Crippen molar-refractivity contribution in [3.8, 4) is 0 Å². The predicted molar refractivity (Wildman–Crippen MR) is 78.0 cm³/mol. The van der Waals surface area contributed by atoms with E-state index in [9.17, 15) is 19.8 Å². The minimum Gasteiger partial charge on any atom is -0.481 e. The number of likely N-dealkylation sites (tertiary alicyclic amines) is 1. The molecule has 0 aromatic carbocycles. The average molecular weight is 298 g/mol. The van der Waals surface area contributed by atoms with Gasteiger partial charge in [0, 0.05) is 19.6 Å². The number of rotatable bonds is 3. The zero-order valence-electron chi connectivity index (χ0n) is 12.7. The third-order valence-electron chi connectivity index (χ3n) is 4.94. The van der Waals surface area contributed by atoms with Crippen LogP contribution >= 0.6 is 0 Å². The molecule has 1 unspecified atom stereocenters. The molecule has 1 saturated heterocycles. The average Bonchev–Trinajstić information content (AvgIpc) is 2.82. The van der Waals surface area contributed by atoms with E-state index in [1.165, 1.54) is 0 Å². The van der Waals surface area contributed by atoms with E-state index >= 15 is 0 Å². The monoisotopic (exact) mass is 298 g/mol. The minimum absolute atomic E-state index is 0.202. The molecule has 120 valence electrons. The zero-order valence-corrected chi connectivity index (χ0v) is 12.7. The summed E-state index contributed by atoms with van der Waals surface area (Å²) in [4.78, 5) is 25.4. The summed E-state index contributed by atoms with van der Waals surface area (Å²) >= 11 is 0. The van der Waals surface area contributed by atoms with Crippen LogP contribution in [-0.4, -0.2) is 52.3 Å². The fourth-order valence-electron chi connectivity index (χ4n) is 3.34. The standard InChI is InChI=1S/C15H26N2O4/c1-14(21)5-4-9-17(10-8-14)13(20)16-11-15(12(18)19)6-2-3-7-15/h21H,2-11H2,1H3,(H,16,20)(H,18,19). The van der Waals surface area contributed by atoms with Crippen LogP contribution in [0.2, 0.25) is 0 Å². The van der Waals surface area contributed by atoms with Crippen LogP contribution in [0.4, 0.5) is 4.79 Å². The fraction of sp³-hybridized carbons (Fsp3) is 0.867. The van der Waals surface area contributed by atoms with Crippen LogP contribution in [0.25, 0.3) is 0 Å². The number of aliphatic carboxylic acids is 1. The molecule has 1 saturated carbocycles. The molecule has 2 aliphatic rings. The van der Waals surface area contributed by atoms with E-state index in [1.54, 1.807) is 11.8 Å². The summed E-state index contributed by atoms with van der Waals surface area (Å²) in [5.41, 5.74) is -1.49. The first-order valence-corrected chi connectivity index (χ1v) is 7.83. The van der Waals surface area contributed by atoms with E-state index in [-0.39, 0.29) is 12.6 Å². The van der Waals surface area contributed by atoms with E-state index in [1.807, 2.05) is 0 Å². The maximum absolute atomic E-state index is 12.2. The van der Waals surface area contributed by atoms with Gasteiger partial charge in [0.25, 0.3) is 0 Å². The van der Waals surface area contributed by atoms with Crippen molar-refractivity contribution in [1.82, 2.24) is 10.2 Å². The highest BCUT2D eigenvalue weighted by molar-refractivity contribution is 5.78. The molecule has 0 bridgehead atoms. The molecule has 6 nitrogen and oxygen atoms in total. The van der Waals surface area contributed by atoms with Crippen LogP contribution in [0.1, 0.15) is 51.9 Å². The highest BCUT2D eigenvalue weighted by atomic mass is 16.4. The third-order valence-corrected chi connectivity index (χ3v) is 4.94. The molecular weight excluding hydrogens is 272 g/mol. The van der Waals surface area contributed by atoms with Crippen molar-refractivity contribution in [2.45, 2.75) is 57.5 Å². The molecule has 0 radical (unpaired) electrons. The van der Waals surface area contributed by atoms with E-state index in [2.05, 4.69) is 5.32 Å². The first kappa shape index (κ1) is 16.1. The van der Waals surface area contributed by atoms with Gasteiger partial charge in [-0.15, -0.1) is 0 Å². The van der Waals surface area contributed by atoms with Gasteiger partial charge in [0.15, 0.2) is 0 Å². The van der Waals surface area contributed by atoms with E-state index < -0.39 is 17.0 Å². The second-order valence-corrected chi connectivity index (χ2v) is 6.79. The van der Waals surface area contributed by atoms with E-state index in [0.717, 1.165) is 19.3 Å². The second-order valence-electron chi connectivity index (χ2n) is 6.79. The largest absolute Gasteiger partial charge is 0.481 e. The summed E-state index contributed by atoms with van der Waals surface area (Å²) < 4.78 is 0. The van der Waals surface area contributed by atoms with Crippen LogP contribution in [0, 0.1) is 5.41 Å². The van der Waals surface area contributed by atoms with Crippen molar-refractivity contribution in [2.24, 2.45) is 5.41 Å². The SMILES string of the molecule is CC1(O)CCCN(C(=O)NCC2(C(=O)O)CCCC2)CC1. The van der Waals surface area contributed by atoms with E-state index in [0.29, 0.717) is 38.8 Å². The van der Waals surface area contributed by atoms with Crippen LogP contribution in [-0.2, 0) is 4.79 Å². The van der Waals surface area contributed by atoms with Gasteiger partial charge in [0.1, 0.15) is 0 Å². The number of carbonyl (C=O) groups is 2. The number of hydrogen-bond acceptors (Lipinski definition) is 3. The molecule has 21 heavy (non-hydrogen) atoms. The number of aliphatic hydroxyl groups is 1. The van der Waals surface area contributed by atoms with Crippen LogP contribution < -0.4 is 5.32 Å². The Morgan fingerprint density at radius 3 is 2.38 bits per heavy atom. The fourth-order valence-corrected chi connectivity index (χ4v) is 3.34. The van der Waals surface area contributed by atoms with Crippen molar-refractivity contribution in [3.63, 3.8) is 0 Å². The first-order valence-electron chi connectivity index (χ1n) is 7.83. The van der Waals surface area contributed by atoms with Crippen molar-refractivity contribution < 1.29 is 19.8 Å². The maximum atomic E-state index is 12.2. The van der Waals surface area contributed by atoms with Crippen LogP contribution in [0.15, 0.2) is 0 Å². The molecule has 0 spiro atoms. The molecule has 1 aliphatic carbocycles. The quantitative estimate of drug-likeness (QED) is 0.738. The summed E-state index contributed by atoms with van der Waals surface area (Å²) in [6.07, 6.45) is 5.11. The molecule has 2 fully saturated rings. The van der Waals surface area contributed by atoms with Crippen molar-refractivity contribution in [1.29, 1.82) is 0 Å². The Labute approximate surface area is 125 Å². The van der Waals surface area contributed by atoms with Crippen LogP contribution in [0.5, 0.6) is 0 Å². The smallest absolute Gasteiger partial charge is 0.317 e. The molecule has 1 heterocycles. The Morgan fingerprint density at radius 2 is 1.76 bits per heavy atom. The Hall–Kier alpha value is -1.30. The van der Waals surface area contributed by atoms with Crippen LogP contribution in [0.3, 0.4) is 0 Å². The molecule has 2 amide bonds. The highest BCUT2D eigenvalue weighted by Crippen LogP contribution is 2.37. The second kappa shape index (κ2) is 6.22. The lowest BCUT2D eigenvalue weighted by atomic mass is 9.86. The van der Waals surface area contributed by atoms with Gasteiger partial charge in [-0.1, -0.05) is 12.8 Å². The number of nitrogens with zero attached hydrogens (tertiary/aromatic N) is 1. The van der Waals surface area contributed by atoms with Gasteiger partial charge in [-0.3, -0.25) is 4.79 Å². The molecule has 0 aromatic heterocycles. The van der Waals surface area contributed by atoms with Crippen molar-refractivity contribution in [2.75, 3.05) is 19.6 Å². The summed E-state index contributed by atoms with van der Waals surface area (Å²) in [7, 11) is 0. The first-order chi connectivity index (χ1) is 9.85. The number of hydrogen-bond donors (Lipinski definition) is 3. The predicted octanol–water partition coefficient (Wildman–Crippen LogP) is 1.58. The topological polar surface area (TPSA) is 89.9 Å². The number of nitrogens with one attached hydrogen (secondary N) is 1. The lowest BCUT2D eigenvalue weighted by molar-refractivity contribution is -0.148. The van der Waals surface area contributed by atoms with Gasteiger partial charge in [-0.05, 0) is 39.0 Å².